The van der Waals surface area contributed by atoms with Gasteiger partial charge in [-0.2, -0.15) is 14.6 Å². The number of carbonyl (C=O) groups excluding carboxylic acids is 1. The molecule has 11 heteroatoms. The number of hydrogen-bond donors (Lipinski definition) is 0. The number of rotatable bonds is 7. The topological polar surface area (TPSA) is 100 Å². The Labute approximate surface area is 175 Å². The van der Waals surface area contributed by atoms with Crippen LogP contribution in [-0.4, -0.2) is 53.4 Å². The van der Waals surface area contributed by atoms with Gasteiger partial charge >= 0.3 is 5.97 Å². The first kappa shape index (κ1) is 20.2. The lowest BCUT2D eigenvalue weighted by Crippen LogP contribution is -2.06. The summed E-state index contributed by atoms with van der Waals surface area (Å²) in [6.07, 6.45) is 0.937. The first-order valence-corrected chi connectivity index (χ1v) is 10.4. The van der Waals surface area contributed by atoms with Crippen LogP contribution in [0.25, 0.3) is 22.6 Å². The maximum absolute atomic E-state index is 13.9. The van der Waals surface area contributed by atoms with E-state index < -0.39 is 11.8 Å². The van der Waals surface area contributed by atoms with Crippen molar-refractivity contribution in [2.75, 3.05) is 12.9 Å². The molecule has 0 N–H and O–H groups in total. The van der Waals surface area contributed by atoms with Crippen molar-refractivity contribution >= 4 is 34.7 Å². The van der Waals surface area contributed by atoms with Crippen LogP contribution in [0.15, 0.2) is 29.4 Å². The molecule has 0 radical (unpaired) electrons. The zero-order valence-corrected chi connectivity index (χ0v) is 17.6. The highest BCUT2D eigenvalue weighted by Crippen LogP contribution is 2.24. The molecule has 30 heavy (non-hydrogen) atoms. The van der Waals surface area contributed by atoms with Crippen LogP contribution in [-0.2, 0) is 16.0 Å². The number of carbonyl (C=O) groups is 1. The lowest BCUT2D eigenvalue weighted by Gasteiger charge is -2.03. The number of benzene rings is 1. The van der Waals surface area contributed by atoms with E-state index in [1.807, 2.05) is 0 Å². The molecule has 3 aromatic heterocycles. The number of fused-ring (bicyclic) bond motifs is 3. The van der Waals surface area contributed by atoms with Crippen LogP contribution in [0.4, 0.5) is 4.39 Å². The molecule has 4 rings (SSSR count). The number of ether oxygens (including phenoxy) is 1. The highest BCUT2D eigenvalue weighted by molar-refractivity contribution is 7.99. The number of thioether (sulfide) groups is 1. The average molecular weight is 429 g/mol. The Morgan fingerprint density at radius 3 is 2.83 bits per heavy atom. The van der Waals surface area contributed by atoms with Crippen molar-refractivity contribution in [3.05, 3.63) is 35.8 Å². The van der Waals surface area contributed by atoms with Crippen molar-refractivity contribution in [2.45, 2.75) is 31.8 Å². The number of hydrogen-bond acceptors (Lipinski definition) is 8. The Hall–Kier alpha value is -3.08. The summed E-state index contributed by atoms with van der Waals surface area (Å²) in [6, 6.07) is 5.98. The van der Waals surface area contributed by atoms with E-state index in [0.717, 1.165) is 12.2 Å². The summed E-state index contributed by atoms with van der Waals surface area (Å²) in [6.45, 7) is 4.32. The molecule has 0 saturated carbocycles. The normalized spacial score (nSPS) is 11.6. The van der Waals surface area contributed by atoms with Gasteiger partial charge in [-0.3, -0.25) is 4.79 Å². The highest BCUT2D eigenvalue weighted by Gasteiger charge is 2.22. The molecule has 3 heterocycles. The molecular weight excluding hydrogens is 409 g/mol. The van der Waals surface area contributed by atoms with Gasteiger partial charge in [0, 0.05) is 5.75 Å². The van der Waals surface area contributed by atoms with Gasteiger partial charge in [0.25, 0.3) is 5.78 Å². The third kappa shape index (κ3) is 3.97. The summed E-state index contributed by atoms with van der Waals surface area (Å²) in [4.78, 5) is 16.3. The maximum atomic E-state index is 13.9. The quantitative estimate of drug-likeness (QED) is 0.327. The van der Waals surface area contributed by atoms with Crippen LogP contribution in [0.3, 0.4) is 0 Å². The molecule has 9 nitrogen and oxygen atoms in total. The second kappa shape index (κ2) is 8.34. The summed E-state index contributed by atoms with van der Waals surface area (Å²) < 4.78 is 21.6. The fourth-order valence-electron chi connectivity index (χ4n) is 2.89. The molecule has 1 aromatic carbocycles. The summed E-state index contributed by atoms with van der Waals surface area (Å²) in [5.41, 5.74) is 1.66. The molecule has 0 saturated heterocycles. The molecule has 0 aliphatic carbocycles. The number of methoxy groups -OCH3 is 1. The van der Waals surface area contributed by atoms with Gasteiger partial charge < -0.3 is 4.74 Å². The summed E-state index contributed by atoms with van der Waals surface area (Å²) in [5.74, 6) is 0.883. The van der Waals surface area contributed by atoms with Gasteiger partial charge in [-0.15, -0.1) is 15.3 Å². The minimum absolute atomic E-state index is 0.0970. The summed E-state index contributed by atoms with van der Waals surface area (Å²) >= 11 is 1.53. The van der Waals surface area contributed by atoms with Gasteiger partial charge in [0.1, 0.15) is 11.5 Å². The Morgan fingerprint density at radius 1 is 1.27 bits per heavy atom. The van der Waals surface area contributed by atoms with Crippen LogP contribution in [0.2, 0.25) is 0 Å². The molecule has 0 unspecified atom stereocenters. The third-order valence-corrected chi connectivity index (χ3v) is 5.31. The van der Waals surface area contributed by atoms with Gasteiger partial charge in [-0.1, -0.05) is 31.7 Å². The Kier molecular flexibility index (Phi) is 5.62. The van der Waals surface area contributed by atoms with Gasteiger partial charge in [0.15, 0.2) is 11.2 Å². The van der Waals surface area contributed by atoms with E-state index >= 15 is 0 Å². The summed E-state index contributed by atoms with van der Waals surface area (Å²) in [5, 5.41) is 18.0. The van der Waals surface area contributed by atoms with Crippen molar-refractivity contribution in [2.24, 2.45) is 5.92 Å². The van der Waals surface area contributed by atoms with Crippen LogP contribution in [0, 0.1) is 11.7 Å². The van der Waals surface area contributed by atoms with E-state index in [4.69, 9.17) is 4.74 Å². The minimum atomic E-state index is -0.466. The zero-order valence-electron chi connectivity index (χ0n) is 16.7. The van der Waals surface area contributed by atoms with E-state index in [1.165, 1.54) is 40.2 Å². The van der Waals surface area contributed by atoms with E-state index in [-0.39, 0.29) is 6.42 Å². The molecule has 0 amide bonds. The van der Waals surface area contributed by atoms with E-state index in [0.29, 0.717) is 39.4 Å². The lowest BCUT2D eigenvalue weighted by molar-refractivity contribution is -0.139. The molecule has 0 spiro atoms. The highest BCUT2D eigenvalue weighted by atomic mass is 32.2. The van der Waals surface area contributed by atoms with Gasteiger partial charge in [0.05, 0.1) is 19.2 Å². The summed E-state index contributed by atoms with van der Waals surface area (Å²) in [7, 11) is 1.30. The second-order valence-corrected chi connectivity index (χ2v) is 8.16. The number of nitrogens with zero attached hydrogens (tertiary/aromatic N) is 7. The third-order valence-electron chi connectivity index (χ3n) is 4.44. The van der Waals surface area contributed by atoms with Crippen LogP contribution < -0.4 is 0 Å². The van der Waals surface area contributed by atoms with Gasteiger partial charge in [0.2, 0.25) is 5.16 Å². The van der Waals surface area contributed by atoms with Gasteiger partial charge in [-0.05, 0) is 30.5 Å². The zero-order chi connectivity index (χ0) is 21.3. The van der Waals surface area contributed by atoms with Crippen LogP contribution in [0.5, 0.6) is 0 Å². The smallest absolute Gasteiger partial charge is 0.311 e. The van der Waals surface area contributed by atoms with E-state index in [1.54, 1.807) is 12.1 Å². The Morgan fingerprint density at radius 2 is 2.10 bits per heavy atom. The fourth-order valence-corrected chi connectivity index (χ4v) is 3.94. The maximum Gasteiger partial charge on any atom is 0.311 e. The first-order valence-electron chi connectivity index (χ1n) is 9.43. The van der Waals surface area contributed by atoms with Crippen molar-refractivity contribution in [3.63, 3.8) is 0 Å². The van der Waals surface area contributed by atoms with Gasteiger partial charge in [-0.25, -0.2) is 9.07 Å². The second-order valence-electron chi connectivity index (χ2n) is 7.10. The van der Waals surface area contributed by atoms with Crippen molar-refractivity contribution < 1.29 is 13.9 Å². The Balaban J connectivity index is 1.87. The molecule has 0 fully saturated rings. The number of halogens is 1. The molecule has 4 aromatic rings. The van der Waals surface area contributed by atoms with E-state index in [9.17, 15) is 9.18 Å². The number of aromatic nitrogens is 7. The largest absolute Gasteiger partial charge is 0.469 e. The SMILES string of the molecule is COC(=O)Cc1nn(-c2cccc(F)c2)c2c1nnc1nc(SCCC(C)C)nn12. The lowest BCUT2D eigenvalue weighted by atomic mass is 10.2. The van der Waals surface area contributed by atoms with E-state index in [2.05, 4.69) is 39.2 Å². The first-order chi connectivity index (χ1) is 14.5. The Bertz CT molecular complexity index is 1220. The fraction of sp³-hybridized carbons (Fsp3) is 0.368. The molecule has 156 valence electrons. The molecule has 0 aliphatic rings. The van der Waals surface area contributed by atoms with Crippen LogP contribution in [0.1, 0.15) is 26.0 Å². The molecule has 0 atom stereocenters. The predicted octanol–water partition coefficient (Wildman–Crippen LogP) is 2.85. The van der Waals surface area contributed by atoms with Crippen molar-refractivity contribution in [1.29, 1.82) is 0 Å². The molecule has 0 aliphatic heterocycles. The molecular formula is C19H20FN7O2S. The standard InChI is InChI=1S/C19H20FN7O2S/c1-11(2)7-8-30-19-21-18-23-22-16-14(10-15(28)29-3)24-26(17(16)27(18)25-19)13-6-4-5-12(20)9-13/h4-6,9,11H,7-8,10H2,1-3H3. The van der Waals surface area contributed by atoms with Crippen LogP contribution >= 0.6 is 11.8 Å². The predicted molar refractivity (Wildman–Crippen MR) is 109 cm³/mol. The van der Waals surface area contributed by atoms with Crippen molar-refractivity contribution in [3.8, 4) is 5.69 Å². The average Bonchev–Trinajstić information content (AvgIpc) is 3.28. The molecule has 0 bridgehead atoms. The van der Waals surface area contributed by atoms with Crippen molar-refractivity contribution in [1.82, 2.24) is 34.6 Å². The number of esters is 1. The minimum Gasteiger partial charge on any atom is -0.469 e. The monoisotopic (exact) mass is 429 g/mol.